The number of thioether (sulfide) groups is 1. The lowest BCUT2D eigenvalue weighted by atomic mass is 10.2. The van der Waals surface area contributed by atoms with Crippen molar-refractivity contribution >= 4 is 29.3 Å². The van der Waals surface area contributed by atoms with E-state index in [2.05, 4.69) is 9.97 Å². The first kappa shape index (κ1) is 13.4. The Kier molecular flexibility index (Phi) is 3.89. The third-order valence-electron chi connectivity index (χ3n) is 3.09. The van der Waals surface area contributed by atoms with Gasteiger partial charge in [0.15, 0.2) is 0 Å². The fourth-order valence-corrected chi connectivity index (χ4v) is 3.52. The molecule has 0 aliphatic carbocycles. The van der Waals surface area contributed by atoms with Gasteiger partial charge in [0.05, 0.1) is 6.20 Å². The summed E-state index contributed by atoms with van der Waals surface area (Å²) >= 11 is 7.65. The Bertz CT molecular complexity index is 606. The summed E-state index contributed by atoms with van der Waals surface area (Å²) in [5, 5.41) is 0.713. The molecule has 0 radical (unpaired) electrons. The van der Waals surface area contributed by atoms with Gasteiger partial charge in [0, 0.05) is 29.7 Å². The van der Waals surface area contributed by atoms with Crippen LogP contribution in [0.25, 0.3) is 0 Å². The van der Waals surface area contributed by atoms with Crippen LogP contribution in [0.15, 0.2) is 42.9 Å². The van der Waals surface area contributed by atoms with Crippen molar-refractivity contribution in [1.82, 2.24) is 14.9 Å². The summed E-state index contributed by atoms with van der Waals surface area (Å²) < 4.78 is 0. The molecule has 6 heteroatoms. The molecule has 0 N–H and O–H groups in total. The van der Waals surface area contributed by atoms with Gasteiger partial charge in [0.2, 0.25) is 0 Å². The van der Waals surface area contributed by atoms with Crippen LogP contribution >= 0.6 is 23.4 Å². The summed E-state index contributed by atoms with van der Waals surface area (Å²) in [6.07, 6.45) is 4.60. The van der Waals surface area contributed by atoms with Crippen molar-refractivity contribution in [2.75, 3.05) is 12.3 Å². The van der Waals surface area contributed by atoms with E-state index in [9.17, 15) is 4.79 Å². The first-order valence-corrected chi connectivity index (χ1v) is 7.62. The highest BCUT2D eigenvalue weighted by Crippen LogP contribution is 2.38. The summed E-state index contributed by atoms with van der Waals surface area (Å²) in [6, 6.07) is 7.62. The van der Waals surface area contributed by atoms with E-state index in [0.717, 1.165) is 11.3 Å². The minimum Gasteiger partial charge on any atom is -0.320 e. The van der Waals surface area contributed by atoms with Gasteiger partial charge in [0.1, 0.15) is 11.1 Å². The number of amides is 1. The van der Waals surface area contributed by atoms with Gasteiger partial charge in [-0.15, -0.1) is 11.8 Å². The Balaban J connectivity index is 1.86. The Morgan fingerprint density at radius 2 is 2.10 bits per heavy atom. The molecule has 1 aliphatic rings. The van der Waals surface area contributed by atoms with E-state index in [-0.39, 0.29) is 11.3 Å². The van der Waals surface area contributed by atoms with Crippen molar-refractivity contribution in [3.05, 3.63) is 59.1 Å². The predicted octanol–water partition coefficient (Wildman–Crippen LogP) is 3.02. The molecule has 102 valence electrons. The molecule has 1 amide bonds. The van der Waals surface area contributed by atoms with Crippen molar-refractivity contribution in [2.24, 2.45) is 0 Å². The number of hydrogen-bond acceptors (Lipinski definition) is 4. The third kappa shape index (κ3) is 2.64. The van der Waals surface area contributed by atoms with Crippen LogP contribution < -0.4 is 0 Å². The molecule has 4 nitrogen and oxygen atoms in total. The van der Waals surface area contributed by atoms with E-state index < -0.39 is 0 Å². The molecular formula is C14H12ClN3OS. The molecule has 1 aromatic heterocycles. The van der Waals surface area contributed by atoms with E-state index in [1.54, 1.807) is 18.0 Å². The maximum atomic E-state index is 12.5. The second-order valence-electron chi connectivity index (χ2n) is 4.36. The second-order valence-corrected chi connectivity index (χ2v) is 5.99. The van der Waals surface area contributed by atoms with Crippen molar-refractivity contribution in [3.63, 3.8) is 0 Å². The molecular weight excluding hydrogens is 294 g/mol. The van der Waals surface area contributed by atoms with Gasteiger partial charge < -0.3 is 4.90 Å². The Hall–Kier alpha value is -1.59. The van der Waals surface area contributed by atoms with E-state index in [0.29, 0.717) is 17.3 Å². The fraction of sp³-hybridized carbons (Fsp3) is 0.214. The van der Waals surface area contributed by atoms with Gasteiger partial charge in [-0.05, 0) is 17.7 Å². The SMILES string of the molecule is O=C(c1cnccn1)N1CCSC1c1ccc(Cl)cc1. The maximum Gasteiger partial charge on any atom is 0.275 e. The molecule has 0 saturated carbocycles. The molecule has 1 unspecified atom stereocenters. The molecule has 1 saturated heterocycles. The van der Waals surface area contributed by atoms with Crippen LogP contribution in [0.3, 0.4) is 0 Å². The standard InChI is InChI=1S/C14H12ClN3OS/c15-11-3-1-10(2-4-11)14-18(7-8-20-14)13(19)12-9-16-5-6-17-12/h1-6,9,14H,7-8H2. The number of carbonyl (C=O) groups excluding carboxylic acids is 1. The first-order valence-electron chi connectivity index (χ1n) is 6.20. The Labute approximate surface area is 126 Å². The molecule has 20 heavy (non-hydrogen) atoms. The van der Waals surface area contributed by atoms with Crippen LogP contribution in [0.4, 0.5) is 0 Å². The normalized spacial score (nSPS) is 18.2. The van der Waals surface area contributed by atoms with Crippen LogP contribution in [0.1, 0.15) is 21.4 Å². The zero-order valence-corrected chi connectivity index (χ0v) is 12.1. The summed E-state index contributed by atoms with van der Waals surface area (Å²) in [7, 11) is 0. The van der Waals surface area contributed by atoms with E-state index >= 15 is 0 Å². The lowest BCUT2D eigenvalue weighted by Crippen LogP contribution is -2.31. The van der Waals surface area contributed by atoms with Crippen molar-refractivity contribution in [1.29, 1.82) is 0 Å². The first-order chi connectivity index (χ1) is 9.75. The Morgan fingerprint density at radius 1 is 1.30 bits per heavy atom. The van der Waals surface area contributed by atoms with Crippen LogP contribution in [-0.2, 0) is 0 Å². The Morgan fingerprint density at radius 3 is 2.80 bits per heavy atom. The minimum absolute atomic E-state index is 0.0155. The summed E-state index contributed by atoms with van der Waals surface area (Å²) in [5.74, 6) is 0.835. The lowest BCUT2D eigenvalue weighted by Gasteiger charge is -2.23. The van der Waals surface area contributed by atoms with Crippen LogP contribution in [0.5, 0.6) is 0 Å². The summed E-state index contributed by atoms with van der Waals surface area (Å²) in [6.45, 7) is 0.716. The molecule has 0 bridgehead atoms. The highest BCUT2D eigenvalue weighted by Gasteiger charge is 2.31. The zero-order chi connectivity index (χ0) is 13.9. The smallest absolute Gasteiger partial charge is 0.275 e. The summed E-state index contributed by atoms with van der Waals surface area (Å²) in [5.41, 5.74) is 1.46. The van der Waals surface area contributed by atoms with Crippen molar-refractivity contribution in [3.8, 4) is 0 Å². The lowest BCUT2D eigenvalue weighted by molar-refractivity contribution is 0.0754. The molecule has 1 aromatic carbocycles. The molecule has 1 fully saturated rings. The number of nitrogens with zero attached hydrogens (tertiary/aromatic N) is 3. The molecule has 1 atom stereocenters. The van der Waals surface area contributed by atoms with Crippen molar-refractivity contribution in [2.45, 2.75) is 5.37 Å². The number of halogens is 1. The number of hydrogen-bond donors (Lipinski definition) is 0. The number of aromatic nitrogens is 2. The predicted molar refractivity (Wildman–Crippen MR) is 79.7 cm³/mol. The number of benzene rings is 1. The van der Waals surface area contributed by atoms with Gasteiger partial charge in [-0.2, -0.15) is 0 Å². The van der Waals surface area contributed by atoms with Gasteiger partial charge in [0.25, 0.3) is 5.91 Å². The van der Waals surface area contributed by atoms with Crippen LogP contribution in [0, 0.1) is 0 Å². The second kappa shape index (κ2) is 5.81. The van der Waals surface area contributed by atoms with Gasteiger partial charge >= 0.3 is 0 Å². The van der Waals surface area contributed by atoms with E-state index in [1.807, 2.05) is 29.2 Å². The van der Waals surface area contributed by atoms with Gasteiger partial charge in [-0.25, -0.2) is 4.98 Å². The molecule has 2 aromatic rings. The highest BCUT2D eigenvalue weighted by molar-refractivity contribution is 7.99. The molecule has 3 rings (SSSR count). The fourth-order valence-electron chi connectivity index (χ4n) is 2.14. The third-order valence-corrected chi connectivity index (χ3v) is 4.60. The average Bonchev–Trinajstić information content (AvgIpc) is 2.97. The minimum atomic E-state index is -0.0805. The highest BCUT2D eigenvalue weighted by atomic mass is 35.5. The molecule has 0 spiro atoms. The van der Waals surface area contributed by atoms with Crippen LogP contribution in [0.2, 0.25) is 5.02 Å². The zero-order valence-electron chi connectivity index (χ0n) is 10.6. The van der Waals surface area contributed by atoms with E-state index in [4.69, 9.17) is 11.6 Å². The average molecular weight is 306 g/mol. The number of rotatable bonds is 2. The van der Waals surface area contributed by atoms with Gasteiger partial charge in [-0.3, -0.25) is 9.78 Å². The van der Waals surface area contributed by atoms with E-state index in [1.165, 1.54) is 12.4 Å². The summed E-state index contributed by atoms with van der Waals surface area (Å²) in [4.78, 5) is 22.3. The largest absolute Gasteiger partial charge is 0.320 e. The van der Waals surface area contributed by atoms with Crippen molar-refractivity contribution < 1.29 is 4.79 Å². The van der Waals surface area contributed by atoms with Crippen LogP contribution in [-0.4, -0.2) is 33.1 Å². The van der Waals surface area contributed by atoms with Gasteiger partial charge in [-0.1, -0.05) is 23.7 Å². The molecule has 1 aliphatic heterocycles. The quantitative estimate of drug-likeness (QED) is 0.855. The maximum absolute atomic E-state index is 12.5. The number of carbonyl (C=O) groups is 1. The monoisotopic (exact) mass is 305 g/mol. The topological polar surface area (TPSA) is 46.1 Å². The molecule has 2 heterocycles.